The molecule has 2 fully saturated rings. The normalized spacial score (nSPS) is 20.6. The molecule has 180 valence electrons. The summed E-state index contributed by atoms with van der Waals surface area (Å²) < 4.78 is 5.40. The van der Waals surface area contributed by atoms with Crippen molar-refractivity contribution in [1.29, 1.82) is 0 Å². The van der Waals surface area contributed by atoms with Gasteiger partial charge in [0, 0.05) is 39.4 Å². The molecule has 3 rings (SSSR count). The van der Waals surface area contributed by atoms with Crippen LogP contribution < -0.4 is 5.32 Å². The number of nitrogens with one attached hydrogen (secondary N) is 1. The highest BCUT2D eigenvalue weighted by Gasteiger charge is 2.41. The Kier molecular flexibility index (Phi) is 7.22. The van der Waals surface area contributed by atoms with E-state index in [1.54, 1.807) is 30.7 Å². The van der Waals surface area contributed by atoms with Gasteiger partial charge in [-0.25, -0.2) is 14.8 Å². The van der Waals surface area contributed by atoms with Crippen molar-refractivity contribution < 1.29 is 19.1 Å². The number of hydrogen-bond acceptors (Lipinski definition) is 7. The topological polar surface area (TPSA) is 88.7 Å². The molecule has 3 heterocycles. The van der Waals surface area contributed by atoms with Crippen LogP contribution in [-0.2, 0) is 14.3 Å². The van der Waals surface area contributed by atoms with E-state index in [1.807, 2.05) is 41.9 Å². The van der Waals surface area contributed by atoms with E-state index in [0.717, 1.165) is 18.5 Å². The second-order valence-corrected chi connectivity index (χ2v) is 9.78. The lowest BCUT2D eigenvalue weighted by Crippen LogP contribution is -2.60. The number of hydrogen-bond donors (Lipinski definition) is 1. The molecule has 3 aliphatic heterocycles. The van der Waals surface area contributed by atoms with E-state index in [-0.39, 0.29) is 17.7 Å². The van der Waals surface area contributed by atoms with Gasteiger partial charge in [0.25, 0.3) is 5.91 Å². The zero-order valence-electron chi connectivity index (χ0n) is 20.3. The number of alkyl carbamates (subject to hydrolysis) is 1. The first-order valence-electron chi connectivity index (χ1n) is 11.6. The molecule has 0 aromatic rings. The van der Waals surface area contributed by atoms with Crippen molar-refractivity contribution in [2.24, 2.45) is 5.92 Å². The average molecular weight is 451 g/mol. The fourth-order valence-corrected chi connectivity index (χ4v) is 4.49. The maximum Gasteiger partial charge on any atom is 0.408 e. The van der Waals surface area contributed by atoms with E-state index in [9.17, 15) is 14.4 Å². The van der Waals surface area contributed by atoms with E-state index >= 15 is 0 Å². The molecule has 10 nitrogen and oxygen atoms in total. The first-order chi connectivity index (χ1) is 15.0. The van der Waals surface area contributed by atoms with Gasteiger partial charge in [-0.3, -0.25) is 9.59 Å². The fraction of sp³-hybridized carbons (Fsp3) is 0.773. The summed E-state index contributed by atoms with van der Waals surface area (Å²) in [5.41, 5.74) is 0.0966. The molecule has 10 heteroatoms. The Morgan fingerprint density at radius 3 is 2.25 bits per heavy atom. The molecule has 0 radical (unpaired) electrons. The van der Waals surface area contributed by atoms with Gasteiger partial charge < -0.3 is 24.8 Å². The molecule has 0 aromatic heterocycles. The molecule has 3 amide bonds. The maximum atomic E-state index is 13.4. The highest BCUT2D eigenvalue weighted by Crippen LogP contribution is 2.26. The number of nitrogens with zero attached hydrogens (tertiary/aromatic N) is 5. The summed E-state index contributed by atoms with van der Waals surface area (Å²) in [4.78, 5) is 44.4. The number of ether oxygens (including phenoxy) is 1. The van der Waals surface area contributed by atoms with Crippen molar-refractivity contribution in [3.8, 4) is 0 Å². The molecule has 3 aliphatic rings. The molecule has 0 saturated carbocycles. The van der Waals surface area contributed by atoms with Gasteiger partial charge in [0.1, 0.15) is 24.0 Å². The summed E-state index contributed by atoms with van der Waals surface area (Å²) >= 11 is 0. The minimum atomic E-state index is -0.627. The Balaban J connectivity index is 1.61. The van der Waals surface area contributed by atoms with Gasteiger partial charge in [0.05, 0.1) is 6.67 Å². The van der Waals surface area contributed by atoms with Crippen molar-refractivity contribution in [2.75, 3.05) is 46.6 Å². The molecule has 32 heavy (non-hydrogen) atoms. The quantitative estimate of drug-likeness (QED) is 0.651. The van der Waals surface area contributed by atoms with Crippen LogP contribution in [0.15, 0.2) is 11.9 Å². The van der Waals surface area contributed by atoms with E-state index in [2.05, 4.69) is 5.32 Å². The van der Waals surface area contributed by atoms with E-state index in [0.29, 0.717) is 39.5 Å². The number of fused-ring (bicyclic) bond motifs is 1. The Morgan fingerprint density at radius 1 is 1.09 bits per heavy atom. The van der Waals surface area contributed by atoms with Gasteiger partial charge in [-0.05, 0) is 26.7 Å². The van der Waals surface area contributed by atoms with Crippen LogP contribution in [0.4, 0.5) is 4.79 Å². The second-order valence-electron chi connectivity index (χ2n) is 9.78. The largest absolute Gasteiger partial charge is 0.444 e. The Morgan fingerprint density at radius 2 is 1.72 bits per heavy atom. The van der Waals surface area contributed by atoms with E-state index in [4.69, 9.17) is 4.74 Å². The highest BCUT2D eigenvalue weighted by molar-refractivity contribution is 5.94. The average Bonchev–Trinajstić information content (AvgIpc) is 3.23. The van der Waals surface area contributed by atoms with Crippen LogP contribution in [0.3, 0.4) is 0 Å². The first-order valence-corrected chi connectivity index (χ1v) is 11.6. The number of carbonyl (C=O) groups is 3. The van der Waals surface area contributed by atoms with Crippen molar-refractivity contribution >= 4 is 17.9 Å². The highest BCUT2D eigenvalue weighted by atomic mass is 16.6. The lowest BCUT2D eigenvalue weighted by Gasteiger charge is -2.41. The van der Waals surface area contributed by atoms with Crippen molar-refractivity contribution in [1.82, 2.24) is 30.0 Å². The molecular weight excluding hydrogens is 412 g/mol. The van der Waals surface area contributed by atoms with Crippen molar-refractivity contribution in [3.63, 3.8) is 0 Å². The van der Waals surface area contributed by atoms with Crippen LogP contribution in [0.2, 0.25) is 0 Å². The van der Waals surface area contributed by atoms with Crippen LogP contribution in [0.25, 0.3) is 0 Å². The van der Waals surface area contributed by atoms with Crippen LogP contribution in [0.5, 0.6) is 0 Å². The van der Waals surface area contributed by atoms with Crippen molar-refractivity contribution in [2.45, 2.75) is 59.1 Å². The second kappa shape index (κ2) is 9.56. The number of hydrazine groups is 1. The summed E-state index contributed by atoms with van der Waals surface area (Å²) in [5.74, 6) is -0.0400. The van der Waals surface area contributed by atoms with Gasteiger partial charge in [-0.1, -0.05) is 26.7 Å². The third kappa shape index (κ3) is 5.28. The summed E-state index contributed by atoms with van der Waals surface area (Å²) in [6, 6.07) is -0.619. The van der Waals surface area contributed by atoms with Crippen LogP contribution in [0, 0.1) is 5.92 Å². The Labute approximate surface area is 191 Å². The van der Waals surface area contributed by atoms with E-state index < -0.39 is 17.7 Å². The maximum absolute atomic E-state index is 13.4. The van der Waals surface area contributed by atoms with Gasteiger partial charge >= 0.3 is 6.09 Å². The number of rotatable bonds is 6. The zero-order chi connectivity index (χ0) is 23.6. The molecule has 1 N–H and O–H groups in total. The summed E-state index contributed by atoms with van der Waals surface area (Å²) in [7, 11) is 1.95. The molecule has 0 aliphatic carbocycles. The van der Waals surface area contributed by atoms with Crippen LogP contribution >= 0.6 is 0 Å². The monoisotopic (exact) mass is 450 g/mol. The number of amides is 3. The first kappa shape index (κ1) is 24.2. The van der Waals surface area contributed by atoms with Crippen LogP contribution in [0.1, 0.15) is 47.5 Å². The minimum absolute atomic E-state index is 0.00984. The summed E-state index contributed by atoms with van der Waals surface area (Å²) in [5, 5.41) is 6.63. The zero-order valence-corrected chi connectivity index (χ0v) is 20.3. The molecular formula is C22H38N6O4. The summed E-state index contributed by atoms with van der Waals surface area (Å²) in [6.45, 7) is 12.9. The molecule has 0 bridgehead atoms. The molecule has 0 spiro atoms. The molecule has 1 atom stereocenters. The smallest absolute Gasteiger partial charge is 0.408 e. The third-order valence-corrected chi connectivity index (χ3v) is 6.20. The minimum Gasteiger partial charge on any atom is -0.444 e. The van der Waals surface area contributed by atoms with Crippen molar-refractivity contribution in [3.05, 3.63) is 11.9 Å². The van der Waals surface area contributed by atoms with Gasteiger partial charge in [0.15, 0.2) is 0 Å². The number of carbonyl (C=O) groups excluding carboxylic acids is 3. The Bertz CT molecular complexity index is 752. The lowest BCUT2D eigenvalue weighted by atomic mass is 9.93. The third-order valence-electron chi connectivity index (χ3n) is 6.20. The predicted octanol–water partition coefficient (Wildman–Crippen LogP) is 1.22. The van der Waals surface area contributed by atoms with Gasteiger partial charge in [0.2, 0.25) is 5.91 Å². The number of piperazine rings is 1. The summed E-state index contributed by atoms with van der Waals surface area (Å²) in [6.07, 6.45) is 2.88. The van der Waals surface area contributed by atoms with Crippen LogP contribution in [-0.4, -0.2) is 101 Å². The molecule has 2 saturated heterocycles. The Hall–Kier alpha value is -2.49. The molecule has 1 unspecified atom stereocenters. The standard InChI is InChI=1S/C22H38N6O4/c1-7-16(8-2)18(23-21(31)32-22(3,4)5)20(30)25-9-11-27(12-10-25)28-15-26-14-24(6)13-17(26)19(28)29/h13,16,18H,7-12,14-15H2,1-6H3,(H,23,31). The lowest BCUT2D eigenvalue weighted by molar-refractivity contribution is -0.149. The van der Waals surface area contributed by atoms with E-state index in [1.165, 1.54) is 0 Å². The SMILES string of the molecule is CCC(CC)C(NC(=O)OC(C)(C)C)C(=O)N1CCN(N2CN3CN(C)C=C3C2=O)CC1. The molecule has 0 aromatic carbocycles. The fourth-order valence-electron chi connectivity index (χ4n) is 4.49. The van der Waals surface area contributed by atoms with Gasteiger partial charge in [-0.15, -0.1) is 0 Å². The van der Waals surface area contributed by atoms with Gasteiger partial charge in [-0.2, -0.15) is 0 Å². The predicted molar refractivity (Wildman–Crippen MR) is 120 cm³/mol.